The van der Waals surface area contributed by atoms with Gasteiger partial charge in [-0.3, -0.25) is 5.32 Å². The first-order valence-electron chi connectivity index (χ1n) is 10.3. The highest BCUT2D eigenvalue weighted by Crippen LogP contribution is 2.32. The van der Waals surface area contributed by atoms with Crippen LogP contribution in [0.4, 0.5) is 10.5 Å². The summed E-state index contributed by atoms with van der Waals surface area (Å²) in [5, 5.41) is 29.5. The van der Waals surface area contributed by atoms with Crippen LogP contribution in [0.15, 0.2) is 59.4 Å². The highest BCUT2D eigenvalue weighted by Gasteiger charge is 2.20. The van der Waals surface area contributed by atoms with Crippen molar-refractivity contribution in [3.63, 3.8) is 0 Å². The lowest BCUT2D eigenvalue weighted by Crippen LogP contribution is -2.17. The number of nitrogens with one attached hydrogen (secondary N) is 1. The molecule has 176 valence electrons. The van der Waals surface area contributed by atoms with Crippen molar-refractivity contribution in [1.82, 2.24) is 19.9 Å². The highest BCUT2D eigenvalue weighted by molar-refractivity contribution is 6.31. The van der Waals surface area contributed by atoms with Crippen molar-refractivity contribution in [2.75, 3.05) is 5.32 Å². The molecule has 0 aliphatic rings. The van der Waals surface area contributed by atoms with Crippen LogP contribution in [0.2, 0.25) is 5.02 Å². The van der Waals surface area contributed by atoms with Gasteiger partial charge >= 0.3 is 6.09 Å². The quantitative estimate of drug-likeness (QED) is 0.332. The van der Waals surface area contributed by atoms with E-state index in [1.54, 1.807) is 32.0 Å². The topological polar surface area (TPSA) is 136 Å². The molecule has 0 bridgehead atoms. The lowest BCUT2D eigenvalue weighted by molar-refractivity contribution is -0.0494. The van der Waals surface area contributed by atoms with Crippen LogP contribution in [0.5, 0.6) is 0 Å². The summed E-state index contributed by atoms with van der Waals surface area (Å²) in [5.74, 6) is 0.318. The summed E-state index contributed by atoms with van der Waals surface area (Å²) in [6, 6.07) is 14.5. The van der Waals surface area contributed by atoms with Gasteiger partial charge in [-0.2, -0.15) is 5.10 Å². The molecule has 11 heteroatoms. The van der Waals surface area contributed by atoms with E-state index in [-0.39, 0.29) is 5.82 Å². The van der Waals surface area contributed by atoms with Gasteiger partial charge in [-0.15, -0.1) is 0 Å². The van der Waals surface area contributed by atoms with Crippen molar-refractivity contribution in [2.45, 2.75) is 32.8 Å². The van der Waals surface area contributed by atoms with E-state index in [0.717, 1.165) is 5.56 Å². The summed E-state index contributed by atoms with van der Waals surface area (Å²) in [5.41, 5.74) is 3.20. The third-order valence-corrected chi connectivity index (χ3v) is 5.41. The Morgan fingerprint density at radius 3 is 2.62 bits per heavy atom. The maximum absolute atomic E-state index is 12.6. The number of aromatic nitrogens is 4. The number of aliphatic hydroxyl groups is 2. The molecular formula is C23H22ClN5O5. The normalized spacial score (nSPS) is 12.1. The van der Waals surface area contributed by atoms with E-state index in [9.17, 15) is 4.79 Å². The van der Waals surface area contributed by atoms with Crippen molar-refractivity contribution < 1.29 is 24.3 Å². The molecule has 0 radical (unpaired) electrons. The first kappa shape index (κ1) is 23.4. The van der Waals surface area contributed by atoms with Gasteiger partial charge in [0.2, 0.25) is 12.1 Å². The SMILES string of the molecule is Cc1noc(-c2ccc(Cn3cnc(C(O)O)n3)cc2)c1NC(=O)OC(C)c1ccccc1Cl. The maximum Gasteiger partial charge on any atom is 0.412 e. The molecule has 10 nitrogen and oxygen atoms in total. The summed E-state index contributed by atoms with van der Waals surface area (Å²) >= 11 is 6.19. The Morgan fingerprint density at radius 1 is 1.21 bits per heavy atom. The minimum Gasteiger partial charge on any atom is -0.441 e. The summed E-state index contributed by atoms with van der Waals surface area (Å²) in [7, 11) is 0. The number of amides is 1. The van der Waals surface area contributed by atoms with Crippen molar-refractivity contribution >= 4 is 23.4 Å². The molecule has 1 atom stereocenters. The summed E-state index contributed by atoms with van der Waals surface area (Å²) in [6.07, 6.45) is -1.52. The molecule has 0 aliphatic heterocycles. The molecule has 2 aromatic heterocycles. The summed E-state index contributed by atoms with van der Waals surface area (Å²) in [4.78, 5) is 16.4. The predicted molar refractivity (Wildman–Crippen MR) is 123 cm³/mol. The van der Waals surface area contributed by atoms with Gasteiger partial charge in [0.15, 0.2) is 5.76 Å². The number of hydrogen-bond donors (Lipinski definition) is 3. The third-order valence-electron chi connectivity index (χ3n) is 5.06. The molecule has 0 fully saturated rings. The van der Waals surface area contributed by atoms with E-state index < -0.39 is 18.5 Å². The van der Waals surface area contributed by atoms with Crippen molar-refractivity contribution in [2.24, 2.45) is 0 Å². The zero-order valence-corrected chi connectivity index (χ0v) is 19.1. The van der Waals surface area contributed by atoms with Crippen LogP contribution in [-0.4, -0.2) is 36.2 Å². The Hall–Kier alpha value is -3.73. The van der Waals surface area contributed by atoms with E-state index in [2.05, 4.69) is 20.6 Å². The zero-order valence-electron chi connectivity index (χ0n) is 18.3. The number of carbonyl (C=O) groups is 1. The Bertz CT molecular complexity index is 1290. The molecule has 0 saturated carbocycles. The van der Waals surface area contributed by atoms with E-state index in [1.807, 2.05) is 30.3 Å². The number of nitrogens with zero attached hydrogens (tertiary/aromatic N) is 4. The average Bonchev–Trinajstić information content (AvgIpc) is 3.42. The van der Waals surface area contributed by atoms with Crippen LogP contribution in [0.1, 0.15) is 42.0 Å². The monoisotopic (exact) mass is 483 g/mol. The number of rotatable bonds is 7. The molecule has 4 aromatic rings. The molecule has 0 saturated heterocycles. The van der Waals surface area contributed by atoms with Crippen LogP contribution in [0.3, 0.4) is 0 Å². The number of halogens is 1. The van der Waals surface area contributed by atoms with Crippen LogP contribution in [0, 0.1) is 6.92 Å². The fraction of sp³-hybridized carbons (Fsp3) is 0.217. The van der Waals surface area contributed by atoms with Crippen LogP contribution in [0.25, 0.3) is 11.3 Å². The number of aliphatic hydroxyl groups excluding tert-OH is 1. The van der Waals surface area contributed by atoms with Gasteiger partial charge < -0.3 is 19.5 Å². The lowest BCUT2D eigenvalue weighted by atomic mass is 10.1. The second kappa shape index (κ2) is 10.0. The fourth-order valence-corrected chi connectivity index (χ4v) is 3.62. The largest absolute Gasteiger partial charge is 0.441 e. The van der Waals surface area contributed by atoms with Crippen molar-refractivity contribution in [1.29, 1.82) is 0 Å². The number of carbonyl (C=O) groups excluding carboxylic acids is 1. The minimum absolute atomic E-state index is 0.0692. The number of aryl methyl sites for hydroxylation is 1. The fourth-order valence-electron chi connectivity index (χ4n) is 3.33. The standard InChI is InChI=1S/C23H22ClN5O5/c1-13-19(26-23(32)33-14(2)17-5-3-4-6-18(17)24)20(34-28-13)16-9-7-15(8-10-16)11-29-12-25-21(27-29)22(30)31/h3-10,12,14,22,30-31H,11H2,1-2H3,(H,26,32). The number of hydrogen-bond acceptors (Lipinski definition) is 8. The molecular weight excluding hydrogens is 462 g/mol. The Labute approximate surface area is 199 Å². The van der Waals surface area contributed by atoms with Gasteiger partial charge in [0.05, 0.1) is 6.54 Å². The number of benzene rings is 2. The summed E-state index contributed by atoms with van der Waals surface area (Å²) < 4.78 is 12.4. The zero-order chi connectivity index (χ0) is 24.2. The first-order chi connectivity index (χ1) is 16.3. The minimum atomic E-state index is -1.72. The van der Waals surface area contributed by atoms with Crippen LogP contribution in [-0.2, 0) is 11.3 Å². The highest BCUT2D eigenvalue weighted by atomic mass is 35.5. The van der Waals surface area contributed by atoms with Crippen molar-refractivity contribution in [3.05, 3.63) is 82.5 Å². The van der Waals surface area contributed by atoms with E-state index in [0.29, 0.717) is 39.8 Å². The second-order valence-corrected chi connectivity index (χ2v) is 7.94. The third kappa shape index (κ3) is 5.25. The van der Waals surface area contributed by atoms with Crippen LogP contribution >= 0.6 is 11.6 Å². The Balaban J connectivity index is 1.45. The van der Waals surface area contributed by atoms with Gasteiger partial charge in [-0.25, -0.2) is 14.5 Å². The smallest absolute Gasteiger partial charge is 0.412 e. The van der Waals surface area contributed by atoms with Gasteiger partial charge in [-0.05, 0) is 25.5 Å². The van der Waals surface area contributed by atoms with E-state index in [4.69, 9.17) is 31.1 Å². The molecule has 2 aromatic carbocycles. The van der Waals surface area contributed by atoms with Gasteiger partial charge in [0, 0.05) is 16.1 Å². The molecule has 1 amide bonds. The summed E-state index contributed by atoms with van der Waals surface area (Å²) in [6.45, 7) is 3.83. The predicted octanol–water partition coefficient (Wildman–Crippen LogP) is 4.24. The number of anilines is 1. The van der Waals surface area contributed by atoms with Gasteiger partial charge in [0.25, 0.3) is 0 Å². The van der Waals surface area contributed by atoms with Gasteiger partial charge in [-0.1, -0.05) is 59.2 Å². The Morgan fingerprint density at radius 2 is 1.94 bits per heavy atom. The molecule has 3 N–H and O–H groups in total. The molecule has 4 rings (SSSR count). The average molecular weight is 484 g/mol. The maximum atomic E-state index is 12.6. The molecule has 0 aliphatic carbocycles. The van der Waals surface area contributed by atoms with E-state index >= 15 is 0 Å². The molecule has 1 unspecified atom stereocenters. The molecule has 34 heavy (non-hydrogen) atoms. The first-order valence-corrected chi connectivity index (χ1v) is 10.7. The van der Waals surface area contributed by atoms with Crippen LogP contribution < -0.4 is 5.32 Å². The lowest BCUT2D eigenvalue weighted by Gasteiger charge is -2.15. The van der Waals surface area contributed by atoms with Gasteiger partial charge in [0.1, 0.15) is 23.8 Å². The second-order valence-electron chi connectivity index (χ2n) is 7.54. The number of ether oxygens (including phenoxy) is 1. The Kier molecular flexibility index (Phi) is 6.92. The molecule has 2 heterocycles. The van der Waals surface area contributed by atoms with Crippen molar-refractivity contribution in [3.8, 4) is 11.3 Å². The van der Waals surface area contributed by atoms with E-state index in [1.165, 1.54) is 11.0 Å². The molecule has 0 spiro atoms.